The maximum absolute atomic E-state index is 12.7. The first-order valence-electron chi connectivity index (χ1n) is 7.27. The van der Waals surface area contributed by atoms with Crippen molar-refractivity contribution < 1.29 is 17.9 Å². The van der Waals surface area contributed by atoms with Gasteiger partial charge in [0.15, 0.2) is 0 Å². The lowest BCUT2D eigenvalue weighted by atomic mass is 10.2. The number of nitrogens with zero attached hydrogens (tertiary/aromatic N) is 2. The van der Waals surface area contributed by atoms with Crippen LogP contribution in [0.5, 0.6) is 0 Å². The standard InChI is InChI=1S/C14H19N3O4S2/c1-21-10-11(9-15)16-14(18)13-12(5-8-22-13)23(19,20)17-6-3-2-4-7-17/h5,8,11H,2-4,6-7,10H2,1H3,(H,16,18). The number of carbonyl (C=O) groups is 1. The maximum atomic E-state index is 12.7. The second-order valence-electron chi connectivity index (χ2n) is 5.19. The zero-order chi connectivity index (χ0) is 16.9. The highest BCUT2D eigenvalue weighted by Gasteiger charge is 2.31. The van der Waals surface area contributed by atoms with E-state index >= 15 is 0 Å². The van der Waals surface area contributed by atoms with E-state index in [4.69, 9.17) is 10.00 Å². The Bertz CT molecular complexity index is 687. The zero-order valence-corrected chi connectivity index (χ0v) is 14.5. The molecule has 23 heavy (non-hydrogen) atoms. The molecule has 0 saturated carbocycles. The first-order chi connectivity index (χ1) is 11.0. The fourth-order valence-electron chi connectivity index (χ4n) is 2.41. The van der Waals surface area contributed by atoms with E-state index in [9.17, 15) is 13.2 Å². The summed E-state index contributed by atoms with van der Waals surface area (Å²) in [6.45, 7) is 0.995. The van der Waals surface area contributed by atoms with Crippen molar-refractivity contribution in [2.75, 3.05) is 26.8 Å². The van der Waals surface area contributed by atoms with Gasteiger partial charge in [-0.05, 0) is 24.3 Å². The molecule has 0 spiro atoms. The van der Waals surface area contributed by atoms with Gasteiger partial charge in [-0.3, -0.25) is 4.79 Å². The lowest BCUT2D eigenvalue weighted by Gasteiger charge is -2.25. The summed E-state index contributed by atoms with van der Waals surface area (Å²) in [6.07, 6.45) is 2.67. The van der Waals surface area contributed by atoms with E-state index in [1.165, 1.54) is 17.5 Å². The Balaban J connectivity index is 2.21. The first kappa shape index (κ1) is 17.9. The van der Waals surface area contributed by atoms with Crippen LogP contribution in [-0.4, -0.2) is 51.5 Å². The molecule has 7 nitrogen and oxygen atoms in total. The van der Waals surface area contributed by atoms with Crippen molar-refractivity contribution in [1.82, 2.24) is 9.62 Å². The highest BCUT2D eigenvalue weighted by atomic mass is 32.2. The van der Waals surface area contributed by atoms with E-state index in [2.05, 4.69) is 5.32 Å². The molecule has 1 atom stereocenters. The third-order valence-corrected chi connectivity index (χ3v) is 6.55. The minimum absolute atomic E-state index is 0.0102. The molecule has 1 aliphatic heterocycles. The predicted octanol–water partition coefficient (Wildman–Crippen LogP) is 1.19. The predicted molar refractivity (Wildman–Crippen MR) is 85.7 cm³/mol. The Kier molecular flexibility index (Phi) is 6.12. The molecule has 1 aromatic heterocycles. The third kappa shape index (κ3) is 4.09. The number of methoxy groups -OCH3 is 1. The second-order valence-corrected chi connectivity index (χ2v) is 8.01. The summed E-state index contributed by atoms with van der Waals surface area (Å²) >= 11 is 1.05. The number of thiophene rings is 1. The minimum Gasteiger partial charge on any atom is -0.381 e. The van der Waals surface area contributed by atoms with Crippen molar-refractivity contribution in [3.8, 4) is 6.07 Å². The number of nitrogens with one attached hydrogen (secondary N) is 1. The number of nitriles is 1. The zero-order valence-electron chi connectivity index (χ0n) is 12.8. The number of rotatable bonds is 6. The lowest BCUT2D eigenvalue weighted by molar-refractivity contribution is 0.0919. The van der Waals surface area contributed by atoms with E-state index in [1.807, 2.05) is 6.07 Å². The van der Waals surface area contributed by atoms with E-state index in [0.29, 0.717) is 13.1 Å². The van der Waals surface area contributed by atoms with Crippen LogP contribution in [0.4, 0.5) is 0 Å². The molecule has 1 unspecified atom stereocenters. The van der Waals surface area contributed by atoms with Gasteiger partial charge in [0.05, 0.1) is 12.7 Å². The van der Waals surface area contributed by atoms with Crippen LogP contribution < -0.4 is 5.32 Å². The molecule has 2 heterocycles. The van der Waals surface area contributed by atoms with Crippen LogP contribution in [0, 0.1) is 11.3 Å². The summed E-state index contributed by atoms with van der Waals surface area (Å²) in [5.41, 5.74) is 0. The van der Waals surface area contributed by atoms with Crippen molar-refractivity contribution in [2.24, 2.45) is 0 Å². The first-order valence-corrected chi connectivity index (χ1v) is 9.59. The van der Waals surface area contributed by atoms with E-state index in [0.717, 1.165) is 30.6 Å². The van der Waals surface area contributed by atoms with E-state index < -0.39 is 22.0 Å². The van der Waals surface area contributed by atoms with Gasteiger partial charge in [0.2, 0.25) is 10.0 Å². The van der Waals surface area contributed by atoms with Gasteiger partial charge in [0.25, 0.3) is 5.91 Å². The highest BCUT2D eigenvalue weighted by molar-refractivity contribution is 7.89. The summed E-state index contributed by atoms with van der Waals surface area (Å²) < 4.78 is 31.7. The number of sulfonamides is 1. The van der Waals surface area contributed by atoms with Crippen LogP contribution in [0.1, 0.15) is 28.9 Å². The normalized spacial score (nSPS) is 17.4. The molecule has 0 aliphatic carbocycles. The molecule has 126 valence electrons. The Morgan fingerprint density at radius 3 is 2.78 bits per heavy atom. The average Bonchev–Trinajstić information content (AvgIpc) is 3.05. The SMILES string of the molecule is COCC(C#N)NC(=O)c1sccc1S(=O)(=O)N1CCCCC1. The number of piperidine rings is 1. The topological polar surface area (TPSA) is 99.5 Å². The largest absolute Gasteiger partial charge is 0.381 e. The molecule has 9 heteroatoms. The Labute approximate surface area is 139 Å². The van der Waals surface area contributed by atoms with Gasteiger partial charge in [-0.15, -0.1) is 11.3 Å². The van der Waals surface area contributed by atoms with E-state index in [-0.39, 0.29) is 16.4 Å². The van der Waals surface area contributed by atoms with Crippen molar-refractivity contribution >= 4 is 27.3 Å². The fourth-order valence-corrected chi connectivity index (χ4v) is 5.23. The van der Waals surface area contributed by atoms with Crippen LogP contribution in [-0.2, 0) is 14.8 Å². The van der Waals surface area contributed by atoms with Crippen LogP contribution in [0.2, 0.25) is 0 Å². The van der Waals surface area contributed by atoms with Gasteiger partial charge in [-0.2, -0.15) is 9.57 Å². The molecule has 0 bridgehead atoms. The Hall–Kier alpha value is -1.47. The fraction of sp³-hybridized carbons (Fsp3) is 0.571. The van der Waals surface area contributed by atoms with Crippen molar-refractivity contribution in [2.45, 2.75) is 30.2 Å². The third-order valence-electron chi connectivity index (χ3n) is 3.56. The van der Waals surface area contributed by atoms with Gasteiger partial charge in [0.1, 0.15) is 15.8 Å². The maximum Gasteiger partial charge on any atom is 0.263 e. The Morgan fingerprint density at radius 2 is 2.17 bits per heavy atom. The summed E-state index contributed by atoms with van der Waals surface area (Å²) in [5, 5.41) is 13.0. The smallest absolute Gasteiger partial charge is 0.263 e. The molecule has 0 aromatic carbocycles. The molecular weight excluding hydrogens is 338 g/mol. The van der Waals surface area contributed by atoms with Crippen molar-refractivity contribution in [1.29, 1.82) is 5.26 Å². The van der Waals surface area contributed by atoms with Crippen LogP contribution in [0.3, 0.4) is 0 Å². The summed E-state index contributed by atoms with van der Waals surface area (Å²) in [6, 6.07) is 2.53. The molecule has 1 aliphatic rings. The summed E-state index contributed by atoms with van der Waals surface area (Å²) in [5.74, 6) is -0.570. The quantitative estimate of drug-likeness (QED) is 0.824. The number of hydrogen-bond acceptors (Lipinski definition) is 6. The Morgan fingerprint density at radius 1 is 1.48 bits per heavy atom. The molecule has 1 N–H and O–H groups in total. The highest BCUT2D eigenvalue weighted by Crippen LogP contribution is 2.27. The van der Waals surface area contributed by atoms with Gasteiger partial charge < -0.3 is 10.1 Å². The van der Waals surface area contributed by atoms with Crippen LogP contribution in [0.25, 0.3) is 0 Å². The number of ether oxygens (including phenoxy) is 1. The van der Waals surface area contributed by atoms with Crippen molar-refractivity contribution in [3.63, 3.8) is 0 Å². The van der Waals surface area contributed by atoms with Crippen molar-refractivity contribution in [3.05, 3.63) is 16.3 Å². The van der Waals surface area contributed by atoms with E-state index in [1.54, 1.807) is 5.38 Å². The molecule has 1 fully saturated rings. The van der Waals surface area contributed by atoms with Gasteiger partial charge in [-0.25, -0.2) is 8.42 Å². The molecule has 0 radical (unpaired) electrons. The molecule has 1 aromatic rings. The lowest BCUT2D eigenvalue weighted by Crippen LogP contribution is -2.39. The minimum atomic E-state index is -3.68. The monoisotopic (exact) mass is 357 g/mol. The van der Waals surface area contributed by atoms with Gasteiger partial charge in [0, 0.05) is 20.2 Å². The number of amides is 1. The molecule has 1 amide bonds. The van der Waals surface area contributed by atoms with Gasteiger partial charge in [-0.1, -0.05) is 6.42 Å². The number of carbonyl (C=O) groups excluding carboxylic acids is 1. The molecular formula is C14H19N3O4S2. The van der Waals surface area contributed by atoms with Crippen LogP contribution >= 0.6 is 11.3 Å². The summed E-state index contributed by atoms with van der Waals surface area (Å²) in [7, 11) is -2.26. The average molecular weight is 357 g/mol. The molecule has 1 saturated heterocycles. The van der Waals surface area contributed by atoms with Crippen LogP contribution in [0.15, 0.2) is 16.3 Å². The summed E-state index contributed by atoms with van der Waals surface area (Å²) in [4.78, 5) is 12.4. The van der Waals surface area contributed by atoms with Gasteiger partial charge >= 0.3 is 0 Å². The molecule has 2 rings (SSSR count). The second kappa shape index (κ2) is 7.88. The number of hydrogen-bond donors (Lipinski definition) is 1.